The molecule has 0 bridgehead atoms. The molecule has 6 aromatic carbocycles. The standard InChI is InChI=1S/C31H22.C2H6/c1-31(2)27-15-14-22-16-19-8-3-4-9-20(19)17-26(22)30(27)25-13-7-12-24-23-11-6-5-10-21(23)18-28(31)29(24)25;1-2/h3-18H,1-2H3;1-2H3. The molecule has 0 radical (unpaired) electrons. The van der Waals surface area contributed by atoms with Crippen molar-refractivity contribution in [3.05, 3.63) is 108 Å². The van der Waals surface area contributed by atoms with E-state index in [0.29, 0.717) is 0 Å². The number of fused-ring (bicyclic) bond motifs is 7. The van der Waals surface area contributed by atoms with Crippen LogP contribution in [0.4, 0.5) is 0 Å². The van der Waals surface area contributed by atoms with E-state index in [1.165, 1.54) is 65.3 Å². The summed E-state index contributed by atoms with van der Waals surface area (Å²) in [5, 5.41) is 10.7. The van der Waals surface area contributed by atoms with E-state index in [-0.39, 0.29) is 5.41 Å². The molecule has 0 spiro atoms. The van der Waals surface area contributed by atoms with Gasteiger partial charge in [-0.25, -0.2) is 0 Å². The Kier molecular flexibility index (Phi) is 4.35. The molecule has 0 aromatic heterocycles. The molecule has 0 saturated heterocycles. The summed E-state index contributed by atoms with van der Waals surface area (Å²) in [4.78, 5) is 0. The van der Waals surface area contributed by atoms with Crippen LogP contribution < -0.4 is 0 Å². The van der Waals surface area contributed by atoms with Crippen molar-refractivity contribution >= 4 is 43.1 Å². The van der Waals surface area contributed by atoms with Gasteiger partial charge in [0.15, 0.2) is 0 Å². The molecule has 1 aliphatic rings. The summed E-state index contributed by atoms with van der Waals surface area (Å²) in [6.45, 7) is 8.77. The molecule has 0 saturated carbocycles. The van der Waals surface area contributed by atoms with Crippen LogP contribution in [0, 0.1) is 0 Å². The second-order valence-electron chi connectivity index (χ2n) is 9.41. The fraction of sp³-hybridized carbons (Fsp3) is 0.152. The van der Waals surface area contributed by atoms with Gasteiger partial charge in [0.1, 0.15) is 0 Å². The fourth-order valence-electron chi connectivity index (χ4n) is 5.83. The van der Waals surface area contributed by atoms with Crippen LogP contribution in [0.2, 0.25) is 0 Å². The van der Waals surface area contributed by atoms with Crippen LogP contribution in [0.5, 0.6) is 0 Å². The number of rotatable bonds is 0. The Labute approximate surface area is 195 Å². The van der Waals surface area contributed by atoms with Crippen molar-refractivity contribution in [1.29, 1.82) is 0 Å². The second kappa shape index (κ2) is 7.18. The first-order valence-corrected chi connectivity index (χ1v) is 12.0. The largest absolute Gasteiger partial charge is 0.0683 e. The maximum atomic E-state index is 2.43. The highest BCUT2D eigenvalue weighted by atomic mass is 14.4. The van der Waals surface area contributed by atoms with Crippen molar-refractivity contribution in [3.8, 4) is 11.1 Å². The average Bonchev–Trinajstić information content (AvgIpc) is 2.86. The lowest BCUT2D eigenvalue weighted by molar-refractivity contribution is 0.647. The van der Waals surface area contributed by atoms with Gasteiger partial charge in [0.05, 0.1) is 0 Å². The summed E-state index contributed by atoms with van der Waals surface area (Å²) >= 11 is 0. The highest BCUT2D eigenvalue weighted by molar-refractivity contribution is 6.19. The maximum Gasteiger partial charge on any atom is 0.0159 e. The molecule has 0 heteroatoms. The number of benzene rings is 6. The molecule has 160 valence electrons. The van der Waals surface area contributed by atoms with E-state index in [2.05, 4.69) is 111 Å². The molecule has 0 fully saturated rings. The minimum Gasteiger partial charge on any atom is -0.0683 e. The summed E-state index contributed by atoms with van der Waals surface area (Å²) in [5.41, 5.74) is 5.57. The molecule has 0 aliphatic heterocycles. The average molecular weight is 425 g/mol. The van der Waals surface area contributed by atoms with E-state index < -0.39 is 0 Å². The third-order valence-corrected chi connectivity index (χ3v) is 7.39. The maximum absolute atomic E-state index is 2.43. The molecule has 0 amide bonds. The fourth-order valence-corrected chi connectivity index (χ4v) is 5.83. The molecular formula is C33H28. The summed E-state index contributed by atoms with van der Waals surface area (Å²) in [6.07, 6.45) is 0. The van der Waals surface area contributed by atoms with Crippen LogP contribution in [0.15, 0.2) is 97.1 Å². The molecule has 0 unspecified atom stereocenters. The molecule has 1 aliphatic carbocycles. The molecule has 0 atom stereocenters. The van der Waals surface area contributed by atoms with Gasteiger partial charge in [-0.15, -0.1) is 0 Å². The van der Waals surface area contributed by atoms with E-state index in [0.717, 1.165) is 0 Å². The van der Waals surface area contributed by atoms with E-state index in [4.69, 9.17) is 0 Å². The van der Waals surface area contributed by atoms with Crippen molar-refractivity contribution in [3.63, 3.8) is 0 Å². The van der Waals surface area contributed by atoms with E-state index in [9.17, 15) is 0 Å². The summed E-state index contributed by atoms with van der Waals surface area (Å²) in [6, 6.07) is 36.2. The van der Waals surface area contributed by atoms with Gasteiger partial charge in [0.2, 0.25) is 0 Å². The first-order chi connectivity index (χ1) is 16.1. The Bertz CT molecular complexity index is 1700. The van der Waals surface area contributed by atoms with Crippen LogP contribution in [0.25, 0.3) is 54.2 Å². The third kappa shape index (κ3) is 2.70. The third-order valence-electron chi connectivity index (χ3n) is 7.39. The van der Waals surface area contributed by atoms with E-state index in [1.54, 1.807) is 0 Å². The zero-order chi connectivity index (χ0) is 22.7. The van der Waals surface area contributed by atoms with Gasteiger partial charge in [-0.05, 0) is 83.5 Å². The minimum atomic E-state index is -0.0637. The SMILES string of the molecule is CC.CC1(C)c2ccc3cc4ccccc4cc3c2-c2cccc3c2c1cc1ccccc13. The predicted molar refractivity (Wildman–Crippen MR) is 145 cm³/mol. The lowest BCUT2D eigenvalue weighted by Gasteiger charge is -2.36. The first kappa shape index (κ1) is 20.0. The second-order valence-corrected chi connectivity index (χ2v) is 9.41. The molecular weight excluding hydrogens is 396 g/mol. The van der Waals surface area contributed by atoms with Crippen LogP contribution in [-0.2, 0) is 5.41 Å². The van der Waals surface area contributed by atoms with E-state index in [1.807, 2.05) is 13.8 Å². The van der Waals surface area contributed by atoms with Gasteiger partial charge >= 0.3 is 0 Å². The van der Waals surface area contributed by atoms with Crippen LogP contribution >= 0.6 is 0 Å². The topological polar surface area (TPSA) is 0 Å². The van der Waals surface area contributed by atoms with Crippen LogP contribution in [-0.4, -0.2) is 0 Å². The summed E-state index contributed by atoms with van der Waals surface area (Å²) in [5.74, 6) is 0. The Balaban J connectivity index is 0.00000101. The highest BCUT2D eigenvalue weighted by Gasteiger charge is 2.34. The van der Waals surface area contributed by atoms with Crippen LogP contribution in [0.3, 0.4) is 0 Å². The molecule has 33 heavy (non-hydrogen) atoms. The normalized spacial score (nSPS) is 13.7. The Morgan fingerprint density at radius 3 is 1.91 bits per heavy atom. The Morgan fingerprint density at radius 1 is 0.485 bits per heavy atom. The molecule has 0 heterocycles. The lowest BCUT2D eigenvalue weighted by atomic mass is 9.67. The van der Waals surface area contributed by atoms with Gasteiger partial charge in [0, 0.05) is 5.41 Å². The monoisotopic (exact) mass is 424 g/mol. The summed E-state index contributed by atoms with van der Waals surface area (Å²) in [7, 11) is 0. The van der Waals surface area contributed by atoms with Crippen molar-refractivity contribution in [2.24, 2.45) is 0 Å². The lowest BCUT2D eigenvalue weighted by Crippen LogP contribution is -2.24. The van der Waals surface area contributed by atoms with Crippen molar-refractivity contribution in [2.45, 2.75) is 33.1 Å². The molecule has 6 aromatic rings. The predicted octanol–water partition coefficient (Wildman–Crippen LogP) is 9.63. The van der Waals surface area contributed by atoms with E-state index >= 15 is 0 Å². The zero-order valence-corrected chi connectivity index (χ0v) is 19.7. The minimum absolute atomic E-state index is 0.0637. The first-order valence-electron chi connectivity index (χ1n) is 12.0. The molecule has 0 nitrogen and oxygen atoms in total. The van der Waals surface area contributed by atoms with Crippen molar-refractivity contribution in [1.82, 2.24) is 0 Å². The quantitative estimate of drug-likeness (QED) is 0.168. The zero-order valence-electron chi connectivity index (χ0n) is 19.7. The van der Waals surface area contributed by atoms with Gasteiger partial charge in [-0.2, -0.15) is 0 Å². The molecule has 0 N–H and O–H groups in total. The van der Waals surface area contributed by atoms with Gasteiger partial charge in [0.25, 0.3) is 0 Å². The van der Waals surface area contributed by atoms with Crippen molar-refractivity contribution < 1.29 is 0 Å². The summed E-state index contributed by atoms with van der Waals surface area (Å²) < 4.78 is 0. The van der Waals surface area contributed by atoms with Gasteiger partial charge < -0.3 is 0 Å². The van der Waals surface area contributed by atoms with Crippen LogP contribution in [0.1, 0.15) is 38.8 Å². The van der Waals surface area contributed by atoms with Crippen molar-refractivity contribution in [2.75, 3.05) is 0 Å². The Hall–Kier alpha value is -3.64. The highest BCUT2D eigenvalue weighted by Crippen LogP contribution is 2.52. The number of hydrogen-bond acceptors (Lipinski definition) is 0. The molecule has 7 rings (SSSR count). The number of hydrogen-bond donors (Lipinski definition) is 0. The van der Waals surface area contributed by atoms with Gasteiger partial charge in [-0.3, -0.25) is 0 Å². The van der Waals surface area contributed by atoms with Gasteiger partial charge in [-0.1, -0.05) is 107 Å². The Morgan fingerprint density at radius 2 is 1.12 bits per heavy atom. The smallest absolute Gasteiger partial charge is 0.0159 e.